The van der Waals surface area contributed by atoms with Gasteiger partial charge >= 0.3 is 0 Å². The van der Waals surface area contributed by atoms with Gasteiger partial charge in [0.15, 0.2) is 0 Å². The van der Waals surface area contributed by atoms with Crippen molar-refractivity contribution in [1.82, 2.24) is 19.1 Å². The zero-order valence-electron chi connectivity index (χ0n) is 30.5. The Morgan fingerprint density at radius 2 is 1.00 bits per heavy atom. The summed E-state index contributed by atoms with van der Waals surface area (Å²) in [5, 5.41) is 12.8. The summed E-state index contributed by atoms with van der Waals surface area (Å²) < 4.78 is 11.1. The van der Waals surface area contributed by atoms with Gasteiger partial charge in [0.2, 0.25) is 5.95 Å². The van der Waals surface area contributed by atoms with E-state index < -0.39 is 0 Å². The highest BCUT2D eigenvalue weighted by Crippen LogP contribution is 2.45. The fraction of sp³-hybridized carbons (Fsp3) is 0. The Morgan fingerprint density at radius 3 is 1.84 bits per heavy atom. The summed E-state index contributed by atoms with van der Waals surface area (Å²) in [6.07, 6.45) is 0. The Hall–Kier alpha value is -7.76. The van der Waals surface area contributed by atoms with Gasteiger partial charge in [0.1, 0.15) is 11.2 Å². The number of hydrogen-bond donors (Lipinski definition) is 0. The van der Waals surface area contributed by atoms with Crippen molar-refractivity contribution >= 4 is 98.0 Å². The van der Waals surface area contributed by atoms with Crippen LogP contribution in [0.15, 0.2) is 186 Å². The van der Waals surface area contributed by atoms with Crippen LogP contribution in [0.5, 0.6) is 0 Å². The summed E-state index contributed by atoms with van der Waals surface area (Å²) in [7, 11) is 0. The molecule has 0 unspecified atom stereocenters. The van der Waals surface area contributed by atoms with Crippen molar-refractivity contribution in [1.29, 1.82) is 0 Å². The molecule has 9 aromatic carbocycles. The lowest BCUT2D eigenvalue weighted by Crippen LogP contribution is -2.04. The maximum Gasteiger partial charge on any atom is 0.235 e. The highest BCUT2D eigenvalue weighted by atomic mass is 16.3. The quantitative estimate of drug-likeness (QED) is 0.182. The fourth-order valence-corrected chi connectivity index (χ4v) is 9.45. The molecule has 13 aromatic rings. The number of aromatic nitrogens is 4. The second kappa shape index (κ2) is 11.4. The van der Waals surface area contributed by atoms with Crippen LogP contribution >= 0.6 is 0 Å². The lowest BCUT2D eigenvalue weighted by molar-refractivity contribution is 0.669. The molecule has 0 saturated carbocycles. The normalized spacial score (nSPS) is 12.2. The van der Waals surface area contributed by atoms with Crippen molar-refractivity contribution in [3.8, 4) is 22.9 Å². The molecule has 0 radical (unpaired) electrons. The minimum atomic E-state index is 0.619. The lowest BCUT2D eigenvalue weighted by atomic mass is 10.0. The maximum absolute atomic E-state index is 6.37. The van der Waals surface area contributed by atoms with Crippen molar-refractivity contribution in [2.45, 2.75) is 0 Å². The minimum absolute atomic E-state index is 0.619. The van der Waals surface area contributed by atoms with E-state index in [0.717, 1.165) is 77.0 Å². The van der Waals surface area contributed by atoms with Gasteiger partial charge in [-0.1, -0.05) is 133 Å². The smallest absolute Gasteiger partial charge is 0.235 e. The second-order valence-corrected chi connectivity index (χ2v) is 14.9. The molecule has 0 N–H and O–H groups in total. The van der Waals surface area contributed by atoms with Gasteiger partial charge in [-0.25, -0.2) is 9.97 Å². The second-order valence-electron chi connectivity index (χ2n) is 14.9. The number of rotatable bonds is 3. The van der Waals surface area contributed by atoms with E-state index in [2.05, 4.69) is 179 Å². The Kier molecular flexibility index (Phi) is 6.10. The molecule has 0 spiro atoms. The van der Waals surface area contributed by atoms with Crippen LogP contribution in [0.4, 0.5) is 0 Å². The van der Waals surface area contributed by atoms with Gasteiger partial charge in [0.05, 0.1) is 39.0 Å². The van der Waals surface area contributed by atoms with Crippen LogP contribution in [0.3, 0.4) is 0 Å². The van der Waals surface area contributed by atoms with Crippen LogP contribution in [0.2, 0.25) is 0 Å². The van der Waals surface area contributed by atoms with E-state index in [1.807, 2.05) is 12.1 Å². The molecule has 57 heavy (non-hydrogen) atoms. The SMILES string of the molecule is c1ccc2c(-n3c4ccccc4c4c5ccccc5ccc43)c3c4ccccc4n(-c4nc(-c5ccc6c(c5)oc5ccccc56)c5ccccc5n4)c3cc2c1. The molecule has 0 aliphatic heterocycles. The van der Waals surface area contributed by atoms with Crippen molar-refractivity contribution in [3.05, 3.63) is 182 Å². The number of benzene rings is 9. The first-order valence-corrected chi connectivity index (χ1v) is 19.3. The molecule has 0 aliphatic carbocycles. The van der Waals surface area contributed by atoms with Crippen LogP contribution in [0.25, 0.3) is 121 Å². The number of furan rings is 1. The number of nitrogens with zero attached hydrogens (tertiary/aromatic N) is 4. The predicted octanol–water partition coefficient (Wildman–Crippen LogP) is 13.7. The van der Waals surface area contributed by atoms with Crippen LogP contribution < -0.4 is 0 Å². The highest BCUT2D eigenvalue weighted by molar-refractivity contribution is 6.25. The van der Waals surface area contributed by atoms with E-state index >= 15 is 0 Å². The number of fused-ring (bicyclic) bond motifs is 13. The average Bonchev–Trinajstić information content (AvgIpc) is 3.92. The summed E-state index contributed by atoms with van der Waals surface area (Å²) in [5.41, 5.74) is 10.0. The number of para-hydroxylation sites is 4. The Morgan fingerprint density at radius 1 is 0.368 bits per heavy atom. The standard InChI is InChI=1S/C52H30N4O/c1-3-15-34-31(13-1)26-28-44-48(34)39-19-6-10-22-42(39)55(44)51-35-16-4-2-14-32(35)29-45-49(51)40-20-7-11-23-43(40)56(45)52-53-41-21-9-5-18-38(41)50(54-52)33-25-27-37-36-17-8-12-24-46(36)57-47(37)30-33/h1-30H. The Balaban J connectivity index is 1.16. The molecule has 0 saturated heterocycles. The van der Waals surface area contributed by atoms with E-state index in [9.17, 15) is 0 Å². The van der Waals surface area contributed by atoms with Gasteiger partial charge in [0.25, 0.3) is 0 Å². The molecule has 0 aliphatic rings. The largest absolute Gasteiger partial charge is 0.456 e. The molecule has 0 amide bonds. The van der Waals surface area contributed by atoms with Crippen LogP contribution in [-0.2, 0) is 0 Å². The summed E-state index contributed by atoms with van der Waals surface area (Å²) in [6.45, 7) is 0. The third-order valence-corrected chi connectivity index (χ3v) is 11.9. The fourth-order valence-electron chi connectivity index (χ4n) is 9.45. The molecule has 0 fully saturated rings. The summed E-state index contributed by atoms with van der Waals surface area (Å²) in [5.74, 6) is 0.619. The van der Waals surface area contributed by atoms with Crippen LogP contribution in [0, 0.1) is 0 Å². The van der Waals surface area contributed by atoms with Crippen molar-refractivity contribution < 1.29 is 4.42 Å². The van der Waals surface area contributed by atoms with E-state index in [-0.39, 0.29) is 0 Å². The van der Waals surface area contributed by atoms with Crippen molar-refractivity contribution in [2.24, 2.45) is 0 Å². The molecular formula is C52H30N4O. The number of hydrogen-bond acceptors (Lipinski definition) is 3. The van der Waals surface area contributed by atoms with Gasteiger partial charge in [0, 0.05) is 48.7 Å². The molecule has 13 rings (SSSR count). The van der Waals surface area contributed by atoms with E-state index in [0.29, 0.717) is 5.95 Å². The monoisotopic (exact) mass is 726 g/mol. The molecule has 5 heteroatoms. The average molecular weight is 727 g/mol. The van der Waals surface area contributed by atoms with Crippen molar-refractivity contribution in [2.75, 3.05) is 0 Å². The third-order valence-electron chi connectivity index (χ3n) is 11.9. The first kappa shape index (κ1) is 30.6. The van der Waals surface area contributed by atoms with Gasteiger partial charge in [-0.2, -0.15) is 0 Å². The van der Waals surface area contributed by atoms with E-state index in [1.165, 1.54) is 38.0 Å². The van der Waals surface area contributed by atoms with E-state index in [1.54, 1.807) is 0 Å². The maximum atomic E-state index is 6.37. The molecule has 264 valence electrons. The first-order chi connectivity index (χ1) is 28.3. The molecule has 0 atom stereocenters. The first-order valence-electron chi connectivity index (χ1n) is 19.3. The molecule has 4 heterocycles. The van der Waals surface area contributed by atoms with E-state index in [4.69, 9.17) is 14.4 Å². The molecule has 0 bridgehead atoms. The Bertz CT molecular complexity index is 3830. The van der Waals surface area contributed by atoms with Gasteiger partial charge < -0.3 is 8.98 Å². The zero-order chi connectivity index (χ0) is 37.2. The zero-order valence-corrected chi connectivity index (χ0v) is 30.5. The summed E-state index contributed by atoms with van der Waals surface area (Å²) in [6, 6.07) is 64.8. The van der Waals surface area contributed by atoms with Gasteiger partial charge in [-0.3, -0.25) is 4.57 Å². The third kappa shape index (κ3) is 4.23. The minimum Gasteiger partial charge on any atom is -0.456 e. The predicted molar refractivity (Wildman–Crippen MR) is 236 cm³/mol. The molecule has 5 nitrogen and oxygen atoms in total. The summed E-state index contributed by atoms with van der Waals surface area (Å²) >= 11 is 0. The van der Waals surface area contributed by atoms with Crippen LogP contribution in [-0.4, -0.2) is 19.1 Å². The van der Waals surface area contributed by atoms with Crippen molar-refractivity contribution in [3.63, 3.8) is 0 Å². The Labute approximate surface area is 325 Å². The highest BCUT2D eigenvalue weighted by Gasteiger charge is 2.24. The van der Waals surface area contributed by atoms with Crippen LogP contribution in [0.1, 0.15) is 0 Å². The molecular weight excluding hydrogens is 697 g/mol. The lowest BCUT2D eigenvalue weighted by Gasteiger charge is -2.15. The molecule has 4 aromatic heterocycles. The summed E-state index contributed by atoms with van der Waals surface area (Å²) in [4.78, 5) is 10.8. The topological polar surface area (TPSA) is 48.8 Å². The van der Waals surface area contributed by atoms with Gasteiger partial charge in [-0.15, -0.1) is 0 Å². The van der Waals surface area contributed by atoms with Gasteiger partial charge in [-0.05, 0) is 64.7 Å².